The van der Waals surface area contributed by atoms with Gasteiger partial charge in [0, 0.05) is 0 Å². The van der Waals surface area contributed by atoms with Gasteiger partial charge in [0.25, 0.3) is 8.48 Å². The van der Waals surface area contributed by atoms with Crippen molar-refractivity contribution in [1.29, 1.82) is 0 Å². The maximum Gasteiger partial charge on any atom is 0.280 e. The van der Waals surface area contributed by atoms with Crippen LogP contribution in [0.4, 0.5) is 0 Å². The van der Waals surface area contributed by atoms with Crippen LogP contribution in [0.15, 0.2) is 12.3 Å². The maximum atomic E-state index is 6.21. The van der Waals surface area contributed by atoms with Crippen molar-refractivity contribution in [1.82, 2.24) is 4.98 Å². The van der Waals surface area contributed by atoms with E-state index in [0.717, 1.165) is 12.6 Å². The molecule has 0 aromatic rings. The fourth-order valence-corrected chi connectivity index (χ4v) is 7.78. The average molecular weight is 217 g/mol. The Morgan fingerprint density at radius 3 is 2.15 bits per heavy atom. The molecule has 0 fully saturated rings. The van der Waals surface area contributed by atoms with Gasteiger partial charge in [-0.15, -0.1) is 6.58 Å². The lowest BCUT2D eigenvalue weighted by Crippen LogP contribution is -2.55. The third kappa shape index (κ3) is 4.76. The van der Waals surface area contributed by atoms with Crippen molar-refractivity contribution in [2.75, 3.05) is 6.54 Å². The van der Waals surface area contributed by atoms with Crippen LogP contribution in [0.25, 0.3) is 0 Å². The van der Waals surface area contributed by atoms with E-state index in [4.69, 9.17) is 4.12 Å². The van der Waals surface area contributed by atoms with Crippen LogP contribution in [-0.4, -0.2) is 23.3 Å². The molecule has 0 amide bonds. The SMILES string of the molecule is C=C[Si](C)(NCC)O[Si](C)(C)CC. The lowest BCUT2D eigenvalue weighted by molar-refractivity contribution is 0.528. The van der Waals surface area contributed by atoms with Crippen LogP contribution in [0.5, 0.6) is 0 Å². The number of hydrogen-bond donors (Lipinski definition) is 1. The van der Waals surface area contributed by atoms with Crippen LogP contribution in [0.1, 0.15) is 13.8 Å². The summed E-state index contributed by atoms with van der Waals surface area (Å²) in [6.07, 6.45) is 0. The standard InChI is InChI=1S/C9H23NOSi2/c1-7-10-13(6,9-3)11-12(4,5)8-2/h9-10H,3,7-8H2,1-2,4-6H3. The molecule has 0 aliphatic heterocycles. The first-order valence-electron chi connectivity index (χ1n) is 4.98. The molecule has 0 aromatic carbocycles. The molecule has 4 heteroatoms. The van der Waals surface area contributed by atoms with Gasteiger partial charge in [0.2, 0.25) is 0 Å². The third-order valence-corrected chi connectivity index (χ3v) is 9.70. The molecule has 0 rings (SSSR count). The van der Waals surface area contributed by atoms with Gasteiger partial charge < -0.3 is 9.10 Å². The van der Waals surface area contributed by atoms with Crippen LogP contribution in [-0.2, 0) is 4.12 Å². The lowest BCUT2D eigenvalue weighted by Gasteiger charge is -2.33. The quantitative estimate of drug-likeness (QED) is 0.691. The Bertz CT molecular complexity index is 173. The summed E-state index contributed by atoms with van der Waals surface area (Å²) in [5.41, 5.74) is 1.99. The molecular formula is C9H23NOSi2. The minimum absolute atomic E-state index is 0.961. The highest BCUT2D eigenvalue weighted by Crippen LogP contribution is 2.16. The Balaban J connectivity index is 4.34. The van der Waals surface area contributed by atoms with Gasteiger partial charge >= 0.3 is 0 Å². The molecule has 1 N–H and O–H groups in total. The summed E-state index contributed by atoms with van der Waals surface area (Å²) in [5, 5.41) is 0. The minimum atomic E-state index is -1.80. The predicted octanol–water partition coefficient (Wildman–Crippen LogP) is 2.63. The molecule has 0 heterocycles. The molecule has 0 aliphatic rings. The fraction of sp³-hybridized carbons (Fsp3) is 0.778. The zero-order valence-electron chi connectivity index (χ0n) is 9.61. The topological polar surface area (TPSA) is 21.3 Å². The van der Waals surface area contributed by atoms with E-state index in [0.29, 0.717) is 0 Å². The predicted molar refractivity (Wildman–Crippen MR) is 64.5 cm³/mol. The first-order chi connectivity index (χ1) is 5.89. The van der Waals surface area contributed by atoms with Crippen LogP contribution in [0.2, 0.25) is 25.7 Å². The van der Waals surface area contributed by atoms with Crippen molar-refractivity contribution >= 4 is 16.8 Å². The highest BCUT2D eigenvalue weighted by atomic mass is 28.4. The summed E-state index contributed by atoms with van der Waals surface area (Å²) in [6.45, 7) is 15.8. The summed E-state index contributed by atoms with van der Waals surface area (Å²) in [7, 11) is -3.25. The van der Waals surface area contributed by atoms with Crippen LogP contribution >= 0.6 is 0 Å². The average Bonchev–Trinajstić information content (AvgIpc) is 2.04. The number of nitrogens with one attached hydrogen (secondary N) is 1. The first-order valence-corrected chi connectivity index (χ1v) is 10.6. The Kier molecular flexibility index (Phi) is 5.13. The van der Waals surface area contributed by atoms with Gasteiger partial charge in [-0.25, -0.2) is 0 Å². The van der Waals surface area contributed by atoms with Crippen LogP contribution < -0.4 is 4.98 Å². The van der Waals surface area contributed by atoms with Crippen molar-refractivity contribution in [2.45, 2.75) is 39.5 Å². The van der Waals surface area contributed by atoms with Gasteiger partial charge in [0.1, 0.15) is 0 Å². The number of hydrogen-bond acceptors (Lipinski definition) is 2. The van der Waals surface area contributed by atoms with Crippen LogP contribution in [0, 0.1) is 0 Å². The third-order valence-electron chi connectivity index (χ3n) is 2.26. The van der Waals surface area contributed by atoms with Crippen molar-refractivity contribution < 1.29 is 4.12 Å². The van der Waals surface area contributed by atoms with E-state index in [-0.39, 0.29) is 0 Å². The zero-order chi connectivity index (χ0) is 10.5. The molecule has 0 aliphatic carbocycles. The molecule has 0 spiro atoms. The van der Waals surface area contributed by atoms with Crippen LogP contribution in [0.3, 0.4) is 0 Å². The molecule has 1 unspecified atom stereocenters. The zero-order valence-corrected chi connectivity index (χ0v) is 11.6. The molecule has 13 heavy (non-hydrogen) atoms. The van der Waals surface area contributed by atoms with Gasteiger partial charge in [0.15, 0.2) is 8.32 Å². The second-order valence-corrected chi connectivity index (χ2v) is 12.1. The fourth-order valence-electron chi connectivity index (χ4n) is 1.15. The van der Waals surface area contributed by atoms with E-state index < -0.39 is 16.8 Å². The maximum absolute atomic E-state index is 6.21. The van der Waals surface area contributed by atoms with Crippen molar-refractivity contribution in [2.24, 2.45) is 0 Å². The summed E-state index contributed by atoms with van der Waals surface area (Å²) < 4.78 is 6.21. The lowest BCUT2D eigenvalue weighted by atomic mass is 10.8. The Labute approximate surface area is 84.7 Å². The molecule has 0 radical (unpaired) electrons. The number of rotatable bonds is 6. The molecule has 1 atom stereocenters. The van der Waals surface area contributed by atoms with Crippen molar-refractivity contribution in [3.05, 3.63) is 12.3 Å². The van der Waals surface area contributed by atoms with Gasteiger partial charge in [-0.05, 0) is 32.2 Å². The van der Waals surface area contributed by atoms with Gasteiger partial charge in [-0.2, -0.15) is 0 Å². The van der Waals surface area contributed by atoms with E-state index in [2.05, 4.69) is 45.0 Å². The van der Waals surface area contributed by atoms with Gasteiger partial charge in [-0.3, -0.25) is 0 Å². The Morgan fingerprint density at radius 1 is 1.31 bits per heavy atom. The molecule has 0 saturated heterocycles. The molecule has 78 valence electrons. The molecule has 0 aromatic heterocycles. The normalized spacial score (nSPS) is 16.7. The second kappa shape index (κ2) is 5.09. The highest BCUT2D eigenvalue weighted by molar-refractivity contribution is 6.86. The summed E-state index contributed by atoms with van der Waals surface area (Å²) in [5.74, 6) is 0. The summed E-state index contributed by atoms with van der Waals surface area (Å²) in [6, 6.07) is 1.16. The van der Waals surface area contributed by atoms with Gasteiger partial charge in [-0.1, -0.05) is 19.5 Å². The molecular weight excluding hydrogens is 194 g/mol. The molecule has 0 saturated carbocycles. The summed E-state index contributed by atoms with van der Waals surface area (Å²) >= 11 is 0. The monoisotopic (exact) mass is 217 g/mol. The first kappa shape index (κ1) is 13.1. The molecule has 2 nitrogen and oxygen atoms in total. The van der Waals surface area contributed by atoms with E-state index in [1.54, 1.807) is 0 Å². The highest BCUT2D eigenvalue weighted by Gasteiger charge is 2.32. The largest absolute Gasteiger partial charge is 0.442 e. The Morgan fingerprint density at radius 2 is 1.85 bits per heavy atom. The minimum Gasteiger partial charge on any atom is -0.442 e. The van der Waals surface area contributed by atoms with Gasteiger partial charge in [0.05, 0.1) is 0 Å². The second-order valence-electron chi connectivity index (χ2n) is 4.06. The smallest absolute Gasteiger partial charge is 0.280 e. The van der Waals surface area contributed by atoms with E-state index in [1.807, 2.05) is 5.70 Å². The molecule has 0 bridgehead atoms. The van der Waals surface area contributed by atoms with Crippen molar-refractivity contribution in [3.63, 3.8) is 0 Å². The Hall–Kier alpha value is 0.0938. The van der Waals surface area contributed by atoms with Crippen molar-refractivity contribution in [3.8, 4) is 0 Å². The van der Waals surface area contributed by atoms with E-state index >= 15 is 0 Å². The summed E-state index contributed by atoms with van der Waals surface area (Å²) in [4.78, 5) is 3.43. The van der Waals surface area contributed by atoms with E-state index in [9.17, 15) is 0 Å². The van der Waals surface area contributed by atoms with E-state index in [1.165, 1.54) is 0 Å².